The lowest BCUT2D eigenvalue weighted by Crippen LogP contribution is -2.05. The van der Waals surface area contributed by atoms with Crippen molar-refractivity contribution < 1.29 is 4.74 Å². The minimum atomic E-state index is 0.657. The van der Waals surface area contributed by atoms with Crippen molar-refractivity contribution in [2.24, 2.45) is 5.92 Å². The fourth-order valence-corrected chi connectivity index (χ4v) is 2.67. The summed E-state index contributed by atoms with van der Waals surface area (Å²) in [6.07, 6.45) is 3.88. The van der Waals surface area contributed by atoms with E-state index < -0.39 is 0 Å². The second-order valence-electron chi connectivity index (χ2n) is 4.60. The van der Waals surface area contributed by atoms with Gasteiger partial charge < -0.3 is 10.1 Å². The fourth-order valence-electron chi connectivity index (χ4n) is 1.90. The van der Waals surface area contributed by atoms with Gasteiger partial charge in [-0.05, 0) is 30.7 Å². The summed E-state index contributed by atoms with van der Waals surface area (Å²) in [6, 6.07) is 2.01. The molecule has 0 spiro atoms. The maximum absolute atomic E-state index is 5.83. The molecule has 0 saturated heterocycles. The molecule has 0 unspecified atom stereocenters. The molecule has 4 nitrogen and oxygen atoms in total. The molecule has 0 amide bonds. The molecule has 1 saturated carbocycles. The van der Waals surface area contributed by atoms with Gasteiger partial charge in [0.25, 0.3) is 0 Å². The lowest BCUT2D eigenvalue weighted by atomic mass is 10.3. The van der Waals surface area contributed by atoms with Crippen LogP contribution in [0.15, 0.2) is 11.4 Å². The average molecular weight is 263 g/mol. The summed E-state index contributed by atoms with van der Waals surface area (Å²) in [5, 5.41) is 5.17. The highest BCUT2D eigenvalue weighted by molar-refractivity contribution is 7.17. The van der Waals surface area contributed by atoms with Gasteiger partial charge in [0.2, 0.25) is 11.8 Å². The lowest BCUT2D eigenvalue weighted by molar-refractivity contribution is 0.295. The van der Waals surface area contributed by atoms with Crippen LogP contribution >= 0.6 is 11.3 Å². The van der Waals surface area contributed by atoms with E-state index >= 15 is 0 Å². The van der Waals surface area contributed by atoms with Gasteiger partial charge in [-0.25, -0.2) is 4.98 Å². The summed E-state index contributed by atoms with van der Waals surface area (Å²) in [6.45, 7) is 3.62. The maximum atomic E-state index is 5.83. The van der Waals surface area contributed by atoms with Crippen molar-refractivity contribution in [1.82, 2.24) is 9.97 Å². The zero-order valence-corrected chi connectivity index (χ0v) is 11.3. The highest BCUT2D eigenvalue weighted by atomic mass is 32.1. The number of ether oxygens (including phenoxy) is 1. The standard InChI is InChI=1S/C13H17N3OS/c1-2-14-13-15-10-6-8-18-11(10)12(16-13)17-7-5-9-3-4-9/h6,8-9H,2-5,7H2,1H3,(H,14,15,16). The van der Waals surface area contributed by atoms with E-state index in [1.54, 1.807) is 11.3 Å². The van der Waals surface area contributed by atoms with Crippen LogP contribution in [0.2, 0.25) is 0 Å². The highest BCUT2D eigenvalue weighted by Gasteiger charge is 2.21. The molecule has 2 heterocycles. The van der Waals surface area contributed by atoms with Gasteiger partial charge in [0.1, 0.15) is 4.70 Å². The molecule has 5 heteroatoms. The van der Waals surface area contributed by atoms with Gasteiger partial charge in [0.05, 0.1) is 12.1 Å². The Balaban J connectivity index is 1.79. The minimum absolute atomic E-state index is 0.657. The molecule has 0 aliphatic heterocycles. The lowest BCUT2D eigenvalue weighted by Gasteiger charge is -2.08. The molecule has 2 aromatic heterocycles. The molecule has 0 bridgehead atoms. The smallest absolute Gasteiger partial charge is 0.236 e. The van der Waals surface area contributed by atoms with Crippen molar-refractivity contribution in [3.05, 3.63) is 11.4 Å². The Morgan fingerprint density at radius 2 is 2.33 bits per heavy atom. The van der Waals surface area contributed by atoms with Crippen LogP contribution < -0.4 is 10.1 Å². The van der Waals surface area contributed by atoms with E-state index in [0.29, 0.717) is 5.95 Å². The largest absolute Gasteiger partial charge is 0.477 e. The van der Waals surface area contributed by atoms with E-state index in [4.69, 9.17) is 4.74 Å². The van der Waals surface area contributed by atoms with Crippen molar-refractivity contribution in [2.45, 2.75) is 26.2 Å². The summed E-state index contributed by atoms with van der Waals surface area (Å²) in [4.78, 5) is 8.90. The van der Waals surface area contributed by atoms with Gasteiger partial charge >= 0.3 is 0 Å². The zero-order chi connectivity index (χ0) is 12.4. The van der Waals surface area contributed by atoms with Gasteiger partial charge in [-0.1, -0.05) is 12.8 Å². The Labute approximate surface area is 110 Å². The molecule has 1 aliphatic rings. The van der Waals surface area contributed by atoms with E-state index in [0.717, 1.165) is 41.6 Å². The second kappa shape index (κ2) is 5.10. The molecule has 0 radical (unpaired) electrons. The van der Waals surface area contributed by atoms with Gasteiger partial charge in [0.15, 0.2) is 0 Å². The number of anilines is 1. The third kappa shape index (κ3) is 2.56. The minimum Gasteiger partial charge on any atom is -0.477 e. The summed E-state index contributed by atoms with van der Waals surface area (Å²) in [7, 11) is 0. The molecule has 1 aliphatic carbocycles. The molecule has 0 aromatic carbocycles. The van der Waals surface area contributed by atoms with Crippen LogP contribution in [-0.2, 0) is 0 Å². The van der Waals surface area contributed by atoms with Crippen LogP contribution in [0.4, 0.5) is 5.95 Å². The Morgan fingerprint density at radius 3 is 3.11 bits per heavy atom. The van der Waals surface area contributed by atoms with Crippen molar-refractivity contribution in [3.63, 3.8) is 0 Å². The van der Waals surface area contributed by atoms with E-state index in [2.05, 4.69) is 15.3 Å². The fraction of sp³-hybridized carbons (Fsp3) is 0.538. The number of hydrogen-bond acceptors (Lipinski definition) is 5. The van der Waals surface area contributed by atoms with Crippen LogP contribution in [-0.4, -0.2) is 23.1 Å². The Bertz CT molecular complexity index is 536. The highest BCUT2D eigenvalue weighted by Crippen LogP contribution is 2.33. The summed E-state index contributed by atoms with van der Waals surface area (Å²) in [5.41, 5.74) is 0.965. The Morgan fingerprint density at radius 1 is 1.44 bits per heavy atom. The monoisotopic (exact) mass is 263 g/mol. The van der Waals surface area contributed by atoms with Crippen molar-refractivity contribution in [1.29, 1.82) is 0 Å². The SMILES string of the molecule is CCNc1nc(OCCC2CC2)c2sccc2n1. The molecular formula is C13H17N3OS. The molecule has 18 heavy (non-hydrogen) atoms. The number of nitrogens with one attached hydrogen (secondary N) is 1. The third-order valence-corrected chi connectivity index (χ3v) is 3.96. The van der Waals surface area contributed by atoms with Gasteiger partial charge in [-0.15, -0.1) is 11.3 Å². The second-order valence-corrected chi connectivity index (χ2v) is 5.51. The predicted octanol–water partition coefficient (Wildman–Crippen LogP) is 3.30. The van der Waals surface area contributed by atoms with Crippen LogP contribution in [0.5, 0.6) is 5.88 Å². The van der Waals surface area contributed by atoms with E-state index in [1.807, 2.05) is 18.4 Å². The first-order valence-electron chi connectivity index (χ1n) is 6.48. The molecule has 3 rings (SSSR count). The molecule has 0 atom stereocenters. The van der Waals surface area contributed by atoms with Crippen molar-refractivity contribution in [2.75, 3.05) is 18.5 Å². The number of thiophene rings is 1. The van der Waals surface area contributed by atoms with Crippen LogP contribution in [0.3, 0.4) is 0 Å². The number of fused-ring (bicyclic) bond motifs is 1. The molecule has 1 fully saturated rings. The first-order chi connectivity index (χ1) is 8.86. The van der Waals surface area contributed by atoms with Crippen LogP contribution in [0.1, 0.15) is 26.2 Å². The van der Waals surface area contributed by atoms with Gasteiger partial charge in [-0.2, -0.15) is 4.98 Å². The van der Waals surface area contributed by atoms with Crippen LogP contribution in [0.25, 0.3) is 10.2 Å². The van der Waals surface area contributed by atoms with E-state index in [9.17, 15) is 0 Å². The van der Waals surface area contributed by atoms with Crippen molar-refractivity contribution >= 4 is 27.5 Å². The van der Waals surface area contributed by atoms with Gasteiger partial charge in [0, 0.05) is 6.54 Å². The maximum Gasteiger partial charge on any atom is 0.236 e. The quantitative estimate of drug-likeness (QED) is 0.868. The topological polar surface area (TPSA) is 47.0 Å². The molecule has 96 valence electrons. The third-order valence-electron chi connectivity index (χ3n) is 3.07. The molecule has 2 aromatic rings. The summed E-state index contributed by atoms with van der Waals surface area (Å²) < 4.78 is 6.88. The van der Waals surface area contributed by atoms with E-state index in [-0.39, 0.29) is 0 Å². The number of aromatic nitrogens is 2. The van der Waals surface area contributed by atoms with E-state index in [1.165, 1.54) is 12.8 Å². The Hall–Kier alpha value is -1.36. The number of hydrogen-bond donors (Lipinski definition) is 1. The molecular weight excluding hydrogens is 246 g/mol. The first kappa shape index (κ1) is 11.7. The normalized spacial score (nSPS) is 14.9. The summed E-state index contributed by atoms with van der Waals surface area (Å²) in [5.74, 6) is 2.27. The first-order valence-corrected chi connectivity index (χ1v) is 7.36. The average Bonchev–Trinajstić information content (AvgIpc) is 3.05. The summed E-state index contributed by atoms with van der Waals surface area (Å²) >= 11 is 1.64. The predicted molar refractivity (Wildman–Crippen MR) is 74.4 cm³/mol. The molecule has 1 N–H and O–H groups in total. The van der Waals surface area contributed by atoms with Crippen LogP contribution in [0, 0.1) is 5.92 Å². The zero-order valence-electron chi connectivity index (χ0n) is 10.5. The number of rotatable bonds is 6. The van der Waals surface area contributed by atoms with Gasteiger partial charge in [-0.3, -0.25) is 0 Å². The Kier molecular flexibility index (Phi) is 3.32. The van der Waals surface area contributed by atoms with Crippen molar-refractivity contribution in [3.8, 4) is 5.88 Å². The number of nitrogens with zero attached hydrogens (tertiary/aromatic N) is 2.